The highest BCUT2D eigenvalue weighted by Gasteiger charge is 2.50. The van der Waals surface area contributed by atoms with E-state index >= 15 is 0 Å². The van der Waals surface area contributed by atoms with Crippen molar-refractivity contribution in [3.63, 3.8) is 0 Å². The van der Waals surface area contributed by atoms with Gasteiger partial charge in [0.1, 0.15) is 6.61 Å². The predicted molar refractivity (Wildman–Crippen MR) is 122 cm³/mol. The number of carbonyl (C=O) groups excluding carboxylic acids is 3. The molecule has 0 aliphatic carbocycles. The maximum absolute atomic E-state index is 13.4. The maximum Gasteiger partial charge on any atom is 0.417 e. The molecule has 0 radical (unpaired) electrons. The number of imide groups is 1. The third kappa shape index (κ3) is 6.09. The Balaban J connectivity index is 1.75. The van der Waals surface area contributed by atoms with Crippen molar-refractivity contribution < 1.29 is 43.5 Å². The Hall–Kier alpha value is -2.15. The largest absolute Gasteiger partial charge is 0.447 e. The van der Waals surface area contributed by atoms with Gasteiger partial charge >= 0.3 is 6.09 Å². The van der Waals surface area contributed by atoms with Crippen LogP contribution in [-0.2, 0) is 35.0 Å². The lowest BCUT2D eigenvalue weighted by Gasteiger charge is -2.38. The fraction of sp³-hybridized carbons (Fsp3) is 0.522. The summed E-state index contributed by atoms with van der Waals surface area (Å²) in [5.74, 6) is -3.28. The molecule has 0 spiro atoms. The van der Waals surface area contributed by atoms with Gasteiger partial charge in [-0.05, 0) is 40.4 Å². The van der Waals surface area contributed by atoms with Crippen molar-refractivity contribution in [1.29, 1.82) is 0 Å². The van der Waals surface area contributed by atoms with Crippen LogP contribution in [0.15, 0.2) is 40.9 Å². The van der Waals surface area contributed by atoms with Crippen molar-refractivity contribution >= 4 is 33.7 Å². The Morgan fingerprint density at radius 3 is 2.71 bits per heavy atom. The molecule has 2 N–H and O–H groups in total. The molecule has 1 aromatic carbocycles. The highest BCUT2D eigenvalue weighted by Crippen LogP contribution is 2.36. The summed E-state index contributed by atoms with van der Waals surface area (Å²) in [6, 6.07) is 8.74. The molecule has 1 saturated heterocycles. The van der Waals surface area contributed by atoms with Crippen molar-refractivity contribution in [2.75, 3.05) is 33.5 Å². The maximum atomic E-state index is 13.4. The zero-order valence-electron chi connectivity index (χ0n) is 18.7. The minimum absolute atomic E-state index is 0.0125. The van der Waals surface area contributed by atoms with Crippen LogP contribution in [0.2, 0.25) is 0 Å². The van der Waals surface area contributed by atoms with Crippen LogP contribution in [0.3, 0.4) is 0 Å². The Morgan fingerprint density at radius 1 is 1.29 bits per heavy atom. The molecule has 2 heterocycles. The number of cyclic esters (lactones) is 1. The number of ether oxygens (including phenoxy) is 4. The van der Waals surface area contributed by atoms with E-state index < -0.39 is 41.8 Å². The van der Waals surface area contributed by atoms with E-state index in [1.54, 1.807) is 0 Å². The molecule has 0 unspecified atom stereocenters. The summed E-state index contributed by atoms with van der Waals surface area (Å²) in [7, 11) is 1.22. The SMILES string of the molecule is CO[C@H](C(=O)N1C(=O)OC[C@@H]1Cc1ccccc1)[C@@H]1O[C@](O)(CCCOCCO)C(Br)=CC1=O. The molecule has 11 heteroatoms. The molecular formula is C23H28BrNO9. The monoisotopic (exact) mass is 541 g/mol. The van der Waals surface area contributed by atoms with E-state index in [0.717, 1.165) is 16.5 Å². The van der Waals surface area contributed by atoms with Crippen LogP contribution in [0.25, 0.3) is 0 Å². The molecule has 2 aliphatic rings. The number of benzene rings is 1. The number of nitrogens with zero attached hydrogens (tertiary/aromatic N) is 1. The van der Waals surface area contributed by atoms with E-state index in [9.17, 15) is 19.5 Å². The summed E-state index contributed by atoms with van der Waals surface area (Å²) in [6.45, 7) is 0.299. The van der Waals surface area contributed by atoms with Crippen LogP contribution in [-0.4, -0.2) is 90.5 Å². The highest BCUT2D eigenvalue weighted by atomic mass is 79.9. The molecule has 1 aromatic rings. The second-order valence-electron chi connectivity index (χ2n) is 7.94. The third-order valence-corrected chi connectivity index (χ3v) is 6.42. The van der Waals surface area contributed by atoms with Gasteiger partial charge in [0.05, 0.1) is 23.7 Å². The highest BCUT2D eigenvalue weighted by molar-refractivity contribution is 9.11. The molecule has 34 heavy (non-hydrogen) atoms. The minimum Gasteiger partial charge on any atom is -0.447 e. The van der Waals surface area contributed by atoms with Gasteiger partial charge in [-0.15, -0.1) is 0 Å². The van der Waals surface area contributed by atoms with Crippen molar-refractivity contribution in [2.45, 2.75) is 43.3 Å². The predicted octanol–water partition coefficient (Wildman–Crippen LogP) is 1.32. The Kier molecular flexibility index (Phi) is 9.34. The summed E-state index contributed by atoms with van der Waals surface area (Å²) in [4.78, 5) is 39.4. The number of carbonyl (C=O) groups is 3. The number of rotatable bonds is 11. The number of hydrogen-bond donors (Lipinski definition) is 2. The first-order valence-corrected chi connectivity index (χ1v) is 11.7. The molecule has 0 saturated carbocycles. The zero-order valence-corrected chi connectivity index (χ0v) is 20.3. The average molecular weight is 542 g/mol. The van der Waals surface area contributed by atoms with E-state index in [4.69, 9.17) is 24.1 Å². The van der Waals surface area contributed by atoms with Crippen molar-refractivity contribution in [3.05, 3.63) is 46.5 Å². The van der Waals surface area contributed by atoms with Crippen molar-refractivity contribution in [2.24, 2.45) is 0 Å². The number of amides is 2. The summed E-state index contributed by atoms with van der Waals surface area (Å²) < 4.78 is 21.4. The van der Waals surface area contributed by atoms with Crippen LogP contribution in [0, 0.1) is 0 Å². The summed E-state index contributed by atoms with van der Waals surface area (Å²) in [5.41, 5.74) is 0.909. The number of aliphatic hydroxyl groups excluding tert-OH is 1. The standard InChI is InChI=1S/C23H28BrNO9/c1-31-20(19-17(27)13-18(24)23(30,34-19)8-5-10-32-11-9-26)21(28)25-16(14-33-22(25)29)12-15-6-3-2-4-7-15/h2-4,6-7,13,16,19-20,26,30H,5,8-12,14H2,1H3/t16-,19+,20-,23+/m0/s1. The Bertz CT molecular complexity index is 909. The molecule has 186 valence electrons. The van der Waals surface area contributed by atoms with Crippen LogP contribution in [0.5, 0.6) is 0 Å². The zero-order chi connectivity index (χ0) is 24.7. The lowest BCUT2D eigenvalue weighted by Crippen LogP contribution is -2.56. The summed E-state index contributed by atoms with van der Waals surface area (Å²) in [5, 5.41) is 19.8. The van der Waals surface area contributed by atoms with Crippen LogP contribution in [0.1, 0.15) is 18.4 Å². The number of aliphatic hydroxyl groups is 2. The fourth-order valence-electron chi connectivity index (χ4n) is 3.87. The molecule has 1 fully saturated rings. The first-order valence-electron chi connectivity index (χ1n) is 10.9. The van der Waals surface area contributed by atoms with Crippen LogP contribution < -0.4 is 0 Å². The molecule has 3 rings (SSSR count). The second-order valence-corrected chi connectivity index (χ2v) is 8.80. The van der Waals surface area contributed by atoms with E-state index in [1.165, 1.54) is 7.11 Å². The quantitative estimate of drug-likeness (QED) is 0.398. The third-order valence-electron chi connectivity index (χ3n) is 5.57. The topological polar surface area (TPSA) is 132 Å². The van der Waals surface area contributed by atoms with Gasteiger partial charge in [0.15, 0.2) is 23.8 Å². The van der Waals surface area contributed by atoms with Gasteiger partial charge in [-0.3, -0.25) is 9.59 Å². The van der Waals surface area contributed by atoms with Gasteiger partial charge in [-0.25, -0.2) is 9.69 Å². The van der Waals surface area contributed by atoms with Crippen LogP contribution >= 0.6 is 15.9 Å². The normalized spacial score (nSPS) is 25.8. The van der Waals surface area contributed by atoms with Gasteiger partial charge in [0, 0.05) is 20.1 Å². The van der Waals surface area contributed by atoms with Crippen molar-refractivity contribution in [3.8, 4) is 0 Å². The number of hydrogen-bond acceptors (Lipinski definition) is 9. The van der Waals surface area contributed by atoms with Gasteiger partial charge in [0.2, 0.25) is 0 Å². The first-order chi connectivity index (χ1) is 16.3. The number of methoxy groups -OCH3 is 1. The van der Waals surface area contributed by atoms with Crippen LogP contribution in [0.4, 0.5) is 4.79 Å². The van der Waals surface area contributed by atoms with E-state index in [2.05, 4.69) is 15.9 Å². The Morgan fingerprint density at radius 2 is 2.03 bits per heavy atom. The minimum atomic E-state index is -1.90. The van der Waals surface area contributed by atoms with Gasteiger partial charge in [0.25, 0.3) is 5.91 Å². The smallest absolute Gasteiger partial charge is 0.417 e. The molecule has 4 atom stereocenters. The van der Waals surface area contributed by atoms with Gasteiger partial charge in [-0.1, -0.05) is 30.3 Å². The lowest BCUT2D eigenvalue weighted by atomic mass is 9.99. The van der Waals surface area contributed by atoms with E-state index in [1.807, 2.05) is 30.3 Å². The lowest BCUT2D eigenvalue weighted by molar-refractivity contribution is -0.227. The van der Waals surface area contributed by atoms with Gasteiger partial charge in [-0.2, -0.15) is 0 Å². The van der Waals surface area contributed by atoms with Gasteiger partial charge < -0.3 is 29.2 Å². The molecule has 2 amide bonds. The Labute approximate surface area is 205 Å². The average Bonchev–Trinajstić information content (AvgIpc) is 3.18. The first kappa shape index (κ1) is 26.5. The van der Waals surface area contributed by atoms with Crippen molar-refractivity contribution in [1.82, 2.24) is 4.90 Å². The molecule has 0 aromatic heterocycles. The summed E-state index contributed by atoms with van der Waals surface area (Å²) in [6.07, 6.45) is -1.87. The number of halogens is 1. The van der Waals surface area contributed by atoms with E-state index in [-0.39, 0.29) is 37.3 Å². The second kappa shape index (κ2) is 12.0. The molecular weight excluding hydrogens is 514 g/mol. The molecule has 0 bridgehead atoms. The molecule has 2 aliphatic heterocycles. The fourth-order valence-corrected chi connectivity index (χ4v) is 4.39. The van der Waals surface area contributed by atoms with E-state index in [0.29, 0.717) is 12.8 Å². The molecule has 10 nitrogen and oxygen atoms in total. The number of ketones is 1. The summed E-state index contributed by atoms with van der Waals surface area (Å²) >= 11 is 3.17.